The zero-order valence-electron chi connectivity index (χ0n) is 5.88. The maximum absolute atomic E-state index is 9.44. The Morgan fingerprint density at radius 3 is 2.40 bits per heavy atom. The van der Waals surface area contributed by atoms with Crippen LogP contribution in [0.25, 0.3) is 0 Å². The van der Waals surface area contributed by atoms with Crippen LogP contribution >= 0.6 is 0 Å². The van der Waals surface area contributed by atoms with E-state index < -0.39 is 5.60 Å². The zero-order chi connectivity index (χ0) is 7.61. The third kappa shape index (κ3) is 1.60. The number of hydrogen-bond donors (Lipinski definition) is 3. The fourth-order valence-corrected chi connectivity index (χ4v) is 0.981. The average Bonchev–Trinajstić information content (AvgIpc) is 1.79. The van der Waals surface area contributed by atoms with Gasteiger partial charge in [0.1, 0.15) is 0 Å². The third-order valence-corrected chi connectivity index (χ3v) is 1.84. The molecule has 0 spiro atoms. The van der Waals surface area contributed by atoms with E-state index in [0.717, 1.165) is 19.3 Å². The lowest BCUT2D eigenvalue weighted by Gasteiger charge is -2.34. The molecule has 5 N–H and O–H groups in total. The van der Waals surface area contributed by atoms with E-state index in [-0.39, 0.29) is 5.96 Å². The lowest BCUT2D eigenvalue weighted by atomic mass is 9.80. The molecule has 4 heteroatoms. The number of nitrogens with zero attached hydrogens (tertiary/aromatic N) is 1. The number of aliphatic hydroxyl groups is 1. The smallest absolute Gasteiger partial charge is 0.186 e. The molecule has 1 rings (SSSR count). The van der Waals surface area contributed by atoms with Gasteiger partial charge < -0.3 is 16.6 Å². The van der Waals surface area contributed by atoms with E-state index in [1.807, 2.05) is 0 Å². The van der Waals surface area contributed by atoms with E-state index in [1.165, 1.54) is 0 Å². The minimum absolute atomic E-state index is 0.0559. The molecule has 0 heterocycles. The predicted octanol–water partition coefficient (Wildman–Crippen LogP) is -0.825. The summed E-state index contributed by atoms with van der Waals surface area (Å²) in [5.74, 6) is 0.0559. The molecule has 0 amide bonds. The number of guanidine groups is 1. The van der Waals surface area contributed by atoms with Crippen LogP contribution in [0.3, 0.4) is 0 Å². The molecule has 1 aliphatic carbocycles. The normalized spacial score (nSPS) is 21.3. The van der Waals surface area contributed by atoms with Crippen molar-refractivity contribution in [3.8, 4) is 0 Å². The predicted molar refractivity (Wildman–Crippen MR) is 39.5 cm³/mol. The molecule has 0 aromatic rings. The molecule has 10 heavy (non-hydrogen) atoms. The number of nitrogens with two attached hydrogens (primary N) is 2. The Balaban J connectivity index is 2.31. The zero-order valence-corrected chi connectivity index (χ0v) is 5.88. The van der Waals surface area contributed by atoms with Crippen LogP contribution in [-0.4, -0.2) is 23.2 Å². The van der Waals surface area contributed by atoms with E-state index in [4.69, 9.17) is 11.5 Å². The summed E-state index contributed by atoms with van der Waals surface area (Å²) >= 11 is 0. The molecule has 0 aromatic carbocycles. The number of aliphatic imine (C=N–C) groups is 1. The van der Waals surface area contributed by atoms with E-state index in [2.05, 4.69) is 4.99 Å². The highest BCUT2D eigenvalue weighted by Gasteiger charge is 2.33. The number of rotatable bonds is 2. The largest absolute Gasteiger partial charge is 0.388 e. The Morgan fingerprint density at radius 1 is 1.50 bits per heavy atom. The first-order chi connectivity index (χ1) is 4.62. The van der Waals surface area contributed by atoms with Gasteiger partial charge in [-0.15, -0.1) is 0 Å². The molecule has 0 bridgehead atoms. The fourth-order valence-electron chi connectivity index (χ4n) is 0.981. The van der Waals surface area contributed by atoms with Crippen LogP contribution in [0.2, 0.25) is 0 Å². The summed E-state index contributed by atoms with van der Waals surface area (Å²) in [6.45, 7) is 0.356. The van der Waals surface area contributed by atoms with Crippen molar-refractivity contribution in [2.75, 3.05) is 6.54 Å². The second kappa shape index (κ2) is 2.46. The highest BCUT2D eigenvalue weighted by Crippen LogP contribution is 2.31. The van der Waals surface area contributed by atoms with Crippen molar-refractivity contribution in [2.45, 2.75) is 24.9 Å². The van der Waals surface area contributed by atoms with E-state index in [1.54, 1.807) is 0 Å². The highest BCUT2D eigenvalue weighted by atomic mass is 16.3. The van der Waals surface area contributed by atoms with Crippen molar-refractivity contribution in [1.82, 2.24) is 0 Å². The highest BCUT2D eigenvalue weighted by molar-refractivity contribution is 5.75. The van der Waals surface area contributed by atoms with E-state index in [0.29, 0.717) is 6.54 Å². The Labute approximate surface area is 59.9 Å². The minimum atomic E-state index is -0.593. The topological polar surface area (TPSA) is 84.6 Å². The summed E-state index contributed by atoms with van der Waals surface area (Å²) in [6, 6.07) is 0. The average molecular weight is 143 g/mol. The molecule has 0 aromatic heterocycles. The first kappa shape index (κ1) is 7.34. The quantitative estimate of drug-likeness (QED) is 0.348. The summed E-state index contributed by atoms with van der Waals surface area (Å²) in [5.41, 5.74) is 9.60. The first-order valence-corrected chi connectivity index (χ1v) is 3.40. The minimum Gasteiger partial charge on any atom is -0.388 e. The van der Waals surface area contributed by atoms with Gasteiger partial charge in [0.2, 0.25) is 0 Å². The molecule has 1 fully saturated rings. The molecule has 1 aliphatic rings. The van der Waals surface area contributed by atoms with E-state index in [9.17, 15) is 5.11 Å². The fraction of sp³-hybridized carbons (Fsp3) is 0.833. The standard InChI is InChI=1S/C6H13N3O/c7-5(8)9-4-6(10)2-1-3-6/h10H,1-4H2,(H4,7,8,9). The van der Waals surface area contributed by atoms with Crippen LogP contribution in [0.5, 0.6) is 0 Å². The summed E-state index contributed by atoms with van der Waals surface area (Å²) in [4.78, 5) is 3.74. The van der Waals surface area contributed by atoms with Gasteiger partial charge in [-0.3, -0.25) is 4.99 Å². The maximum Gasteiger partial charge on any atom is 0.186 e. The molecule has 1 saturated carbocycles. The van der Waals surface area contributed by atoms with Gasteiger partial charge in [0.15, 0.2) is 5.96 Å². The lowest BCUT2D eigenvalue weighted by Crippen LogP contribution is -2.41. The molecular weight excluding hydrogens is 130 g/mol. The van der Waals surface area contributed by atoms with Crippen molar-refractivity contribution in [1.29, 1.82) is 0 Å². The second-order valence-corrected chi connectivity index (χ2v) is 2.82. The van der Waals surface area contributed by atoms with Crippen LogP contribution in [0.1, 0.15) is 19.3 Å². The van der Waals surface area contributed by atoms with Gasteiger partial charge in [0.25, 0.3) is 0 Å². The molecule has 4 nitrogen and oxygen atoms in total. The molecule has 0 aliphatic heterocycles. The van der Waals surface area contributed by atoms with Gasteiger partial charge in [-0.05, 0) is 19.3 Å². The lowest BCUT2D eigenvalue weighted by molar-refractivity contribution is -0.0235. The van der Waals surface area contributed by atoms with Gasteiger partial charge in [-0.25, -0.2) is 0 Å². The van der Waals surface area contributed by atoms with E-state index >= 15 is 0 Å². The van der Waals surface area contributed by atoms with Crippen LogP contribution in [0.15, 0.2) is 4.99 Å². The van der Waals surface area contributed by atoms with Gasteiger partial charge in [0, 0.05) is 0 Å². The van der Waals surface area contributed by atoms with Gasteiger partial charge in [-0.1, -0.05) is 0 Å². The van der Waals surface area contributed by atoms with Crippen LogP contribution in [-0.2, 0) is 0 Å². The first-order valence-electron chi connectivity index (χ1n) is 3.40. The molecule has 0 unspecified atom stereocenters. The molecule has 0 radical (unpaired) electrons. The molecular formula is C6H13N3O. The van der Waals surface area contributed by atoms with Gasteiger partial charge >= 0.3 is 0 Å². The van der Waals surface area contributed by atoms with Crippen molar-refractivity contribution in [3.05, 3.63) is 0 Å². The Kier molecular flexibility index (Phi) is 1.80. The van der Waals surface area contributed by atoms with Crippen molar-refractivity contribution in [3.63, 3.8) is 0 Å². The van der Waals surface area contributed by atoms with Crippen LogP contribution < -0.4 is 11.5 Å². The monoisotopic (exact) mass is 143 g/mol. The van der Waals surface area contributed by atoms with Crippen LogP contribution in [0, 0.1) is 0 Å². The van der Waals surface area contributed by atoms with Gasteiger partial charge in [0.05, 0.1) is 12.1 Å². The summed E-state index contributed by atoms with van der Waals surface area (Å²) in [5, 5.41) is 9.44. The Morgan fingerprint density at radius 2 is 2.10 bits per heavy atom. The molecule has 0 atom stereocenters. The Hall–Kier alpha value is -0.770. The van der Waals surface area contributed by atoms with Crippen molar-refractivity contribution in [2.24, 2.45) is 16.5 Å². The molecule has 0 saturated heterocycles. The Bertz CT molecular complexity index is 147. The SMILES string of the molecule is NC(N)=NCC1(O)CCC1. The van der Waals surface area contributed by atoms with Crippen LogP contribution in [0.4, 0.5) is 0 Å². The summed E-state index contributed by atoms with van der Waals surface area (Å²) < 4.78 is 0. The number of hydrogen-bond acceptors (Lipinski definition) is 2. The van der Waals surface area contributed by atoms with Crippen molar-refractivity contribution < 1.29 is 5.11 Å². The second-order valence-electron chi connectivity index (χ2n) is 2.82. The van der Waals surface area contributed by atoms with Crippen molar-refractivity contribution >= 4 is 5.96 Å². The maximum atomic E-state index is 9.44. The van der Waals surface area contributed by atoms with Gasteiger partial charge in [-0.2, -0.15) is 0 Å². The summed E-state index contributed by atoms with van der Waals surface area (Å²) in [6.07, 6.45) is 2.73. The summed E-state index contributed by atoms with van der Waals surface area (Å²) in [7, 11) is 0. The third-order valence-electron chi connectivity index (χ3n) is 1.84. The molecule has 58 valence electrons.